The molecule has 8 nitrogen and oxygen atoms in total. The Balaban J connectivity index is 1.77. The van der Waals surface area contributed by atoms with E-state index >= 15 is 0 Å². The highest BCUT2D eigenvalue weighted by Crippen LogP contribution is 2.10. The van der Waals surface area contributed by atoms with Crippen LogP contribution in [0.5, 0.6) is 5.75 Å². The first-order chi connectivity index (χ1) is 12.0. The molecule has 9 heteroatoms. The van der Waals surface area contributed by atoms with Gasteiger partial charge in [0.1, 0.15) is 11.6 Å². The molecule has 0 aliphatic carbocycles. The van der Waals surface area contributed by atoms with Crippen molar-refractivity contribution in [2.45, 2.75) is 0 Å². The lowest BCUT2D eigenvalue weighted by atomic mass is 10.2. The van der Waals surface area contributed by atoms with Crippen molar-refractivity contribution in [1.82, 2.24) is 15.1 Å². The maximum atomic E-state index is 13.1. The number of amides is 1. The molecule has 2 aromatic carbocycles. The lowest BCUT2D eigenvalue weighted by Gasteiger charge is -2.01. The van der Waals surface area contributed by atoms with Crippen molar-refractivity contribution in [2.24, 2.45) is 5.10 Å². The lowest BCUT2D eigenvalue weighted by molar-refractivity contribution is 0.102. The molecular weight excluding hydrogens is 329 g/mol. The van der Waals surface area contributed by atoms with Gasteiger partial charge in [-0.2, -0.15) is 10.3 Å². The van der Waals surface area contributed by atoms with Crippen molar-refractivity contribution in [3.8, 4) is 5.75 Å². The predicted octanol–water partition coefficient (Wildman–Crippen LogP) is 1.55. The van der Waals surface area contributed by atoms with Crippen molar-refractivity contribution < 1.29 is 14.3 Å². The monoisotopic (exact) mass is 341 g/mol. The molecule has 3 N–H and O–H groups in total. The molecule has 0 saturated heterocycles. The highest BCUT2D eigenvalue weighted by atomic mass is 19.1. The van der Waals surface area contributed by atoms with Gasteiger partial charge in [-0.1, -0.05) is 6.07 Å². The van der Waals surface area contributed by atoms with Gasteiger partial charge in [0.25, 0.3) is 5.91 Å². The number of carbonyl (C=O) groups excluding carboxylic acids is 1. The Bertz CT molecular complexity index is 992. The van der Waals surface area contributed by atoms with E-state index in [9.17, 15) is 19.1 Å². The number of benzene rings is 2. The standard InChI is InChI=1S/C16H12FN5O3/c17-11-2-1-3-12(8-11)19-15(24)14-16(25)22(21-20-14)18-9-10-4-6-13(23)7-5-10/h1-9,21,23H,(H,19,24). The van der Waals surface area contributed by atoms with E-state index in [0.29, 0.717) is 5.56 Å². The van der Waals surface area contributed by atoms with Gasteiger partial charge in [-0.15, -0.1) is 9.89 Å². The number of rotatable bonds is 4. The van der Waals surface area contributed by atoms with Crippen LogP contribution in [0.25, 0.3) is 0 Å². The minimum atomic E-state index is -0.787. The Hall–Kier alpha value is -3.75. The van der Waals surface area contributed by atoms with Crippen molar-refractivity contribution in [3.05, 3.63) is 76.0 Å². The van der Waals surface area contributed by atoms with Crippen LogP contribution in [-0.2, 0) is 0 Å². The van der Waals surface area contributed by atoms with Gasteiger partial charge >= 0.3 is 5.56 Å². The fourth-order valence-electron chi connectivity index (χ4n) is 1.96. The summed E-state index contributed by atoms with van der Waals surface area (Å²) in [7, 11) is 0. The van der Waals surface area contributed by atoms with Gasteiger partial charge in [-0.25, -0.2) is 4.39 Å². The molecule has 1 aromatic heterocycles. The zero-order valence-electron chi connectivity index (χ0n) is 12.7. The predicted molar refractivity (Wildman–Crippen MR) is 88.3 cm³/mol. The fraction of sp³-hybridized carbons (Fsp3) is 0. The second kappa shape index (κ2) is 6.79. The van der Waals surface area contributed by atoms with Crippen molar-refractivity contribution >= 4 is 17.8 Å². The summed E-state index contributed by atoms with van der Waals surface area (Å²) < 4.78 is 13.1. The number of H-pyrrole nitrogens is 1. The fourth-order valence-corrected chi connectivity index (χ4v) is 1.96. The van der Waals surface area contributed by atoms with Crippen LogP contribution in [0.2, 0.25) is 0 Å². The van der Waals surface area contributed by atoms with Gasteiger partial charge in [-0.3, -0.25) is 9.59 Å². The van der Waals surface area contributed by atoms with Crippen LogP contribution in [0.4, 0.5) is 10.1 Å². The maximum absolute atomic E-state index is 13.1. The number of aromatic amines is 1. The second-order valence-corrected chi connectivity index (χ2v) is 4.98. The molecule has 3 aromatic rings. The summed E-state index contributed by atoms with van der Waals surface area (Å²) in [5.41, 5.74) is -0.340. The van der Waals surface area contributed by atoms with E-state index in [4.69, 9.17) is 0 Å². The number of nitrogens with zero attached hydrogens (tertiary/aromatic N) is 3. The Morgan fingerprint density at radius 1 is 1.28 bits per heavy atom. The highest BCUT2D eigenvalue weighted by Gasteiger charge is 2.16. The highest BCUT2D eigenvalue weighted by molar-refractivity contribution is 6.02. The van der Waals surface area contributed by atoms with Crippen LogP contribution >= 0.6 is 0 Å². The average molecular weight is 341 g/mol. The van der Waals surface area contributed by atoms with Crippen molar-refractivity contribution in [3.63, 3.8) is 0 Å². The number of hydrogen-bond donors (Lipinski definition) is 3. The molecule has 0 saturated carbocycles. The Labute approximate surface area is 140 Å². The minimum Gasteiger partial charge on any atom is -0.508 e. The zero-order valence-corrected chi connectivity index (χ0v) is 12.7. The molecule has 1 amide bonds. The molecule has 0 aliphatic heterocycles. The summed E-state index contributed by atoms with van der Waals surface area (Å²) in [5.74, 6) is -1.20. The third kappa shape index (κ3) is 3.78. The number of phenols is 1. The number of anilines is 1. The number of halogens is 1. The van der Waals surface area contributed by atoms with E-state index in [2.05, 4.69) is 20.7 Å². The summed E-state index contributed by atoms with van der Waals surface area (Å²) in [6.07, 6.45) is 1.35. The van der Waals surface area contributed by atoms with Gasteiger partial charge < -0.3 is 10.4 Å². The first kappa shape index (κ1) is 16.1. The van der Waals surface area contributed by atoms with E-state index in [1.54, 1.807) is 12.1 Å². The van der Waals surface area contributed by atoms with Gasteiger partial charge in [-0.05, 0) is 48.0 Å². The number of carbonyl (C=O) groups is 1. The summed E-state index contributed by atoms with van der Waals surface area (Å²) >= 11 is 0. The second-order valence-electron chi connectivity index (χ2n) is 4.98. The van der Waals surface area contributed by atoms with Crippen molar-refractivity contribution in [1.29, 1.82) is 0 Å². The molecule has 3 rings (SSSR count). The van der Waals surface area contributed by atoms with Gasteiger partial charge in [0, 0.05) is 5.69 Å². The quantitative estimate of drug-likeness (QED) is 0.625. The zero-order chi connectivity index (χ0) is 17.8. The molecule has 0 unspecified atom stereocenters. The third-order valence-corrected chi connectivity index (χ3v) is 3.16. The Morgan fingerprint density at radius 3 is 2.76 bits per heavy atom. The molecule has 25 heavy (non-hydrogen) atoms. The lowest BCUT2D eigenvalue weighted by Crippen LogP contribution is -2.23. The molecule has 0 bridgehead atoms. The average Bonchev–Trinajstić information content (AvgIpc) is 2.95. The molecular formula is C16H12FN5O3. The smallest absolute Gasteiger partial charge is 0.320 e. The van der Waals surface area contributed by atoms with Gasteiger partial charge in [0.05, 0.1) is 6.21 Å². The van der Waals surface area contributed by atoms with Gasteiger partial charge in [0.15, 0.2) is 0 Å². The van der Waals surface area contributed by atoms with Crippen LogP contribution in [0.15, 0.2) is 58.4 Å². The van der Waals surface area contributed by atoms with Crippen LogP contribution in [0.1, 0.15) is 16.1 Å². The molecule has 1 heterocycles. The molecule has 0 fully saturated rings. The number of phenolic OH excluding ortho intramolecular Hbond substituents is 1. The van der Waals surface area contributed by atoms with Crippen LogP contribution in [0.3, 0.4) is 0 Å². The minimum absolute atomic E-state index is 0.104. The maximum Gasteiger partial charge on any atom is 0.320 e. The largest absolute Gasteiger partial charge is 0.508 e. The normalized spacial score (nSPS) is 10.9. The Kier molecular flexibility index (Phi) is 4.38. The number of aromatic nitrogens is 3. The number of hydrogen-bond acceptors (Lipinski definition) is 5. The van der Waals surface area contributed by atoms with E-state index in [1.807, 2.05) is 0 Å². The summed E-state index contributed by atoms with van der Waals surface area (Å²) in [4.78, 5) is 25.0. The molecule has 126 valence electrons. The van der Waals surface area contributed by atoms with Gasteiger partial charge in [0.2, 0.25) is 5.69 Å². The Morgan fingerprint density at radius 2 is 2.04 bits per heavy atom. The molecule has 0 atom stereocenters. The molecule has 0 aliphatic rings. The third-order valence-electron chi connectivity index (χ3n) is 3.16. The topological polar surface area (TPSA) is 112 Å². The SMILES string of the molecule is O=C(Nc1cccc(F)c1)c1n[nH]n(N=Cc2ccc(O)cc2)c1=O. The van der Waals surface area contributed by atoms with E-state index in [-0.39, 0.29) is 11.4 Å². The summed E-state index contributed by atoms with van der Waals surface area (Å²) in [5, 5.41) is 21.4. The summed E-state index contributed by atoms with van der Waals surface area (Å²) in [6.45, 7) is 0. The van der Waals surface area contributed by atoms with Crippen LogP contribution < -0.4 is 10.9 Å². The first-order valence-corrected chi connectivity index (χ1v) is 7.10. The van der Waals surface area contributed by atoms with E-state index in [1.165, 1.54) is 36.5 Å². The molecule has 0 radical (unpaired) electrons. The first-order valence-electron chi connectivity index (χ1n) is 7.10. The number of nitrogens with one attached hydrogen (secondary N) is 2. The van der Waals surface area contributed by atoms with E-state index in [0.717, 1.165) is 10.9 Å². The van der Waals surface area contributed by atoms with Crippen molar-refractivity contribution in [2.75, 3.05) is 5.32 Å². The van der Waals surface area contributed by atoms with Crippen LogP contribution in [-0.4, -0.2) is 32.3 Å². The summed E-state index contributed by atoms with van der Waals surface area (Å²) in [6, 6.07) is 11.4. The van der Waals surface area contributed by atoms with Crippen LogP contribution in [0, 0.1) is 5.82 Å². The molecule has 0 spiro atoms. The number of aromatic hydroxyl groups is 1. The van der Waals surface area contributed by atoms with E-state index < -0.39 is 23.0 Å².